The van der Waals surface area contributed by atoms with Crippen molar-refractivity contribution in [2.45, 2.75) is 6.54 Å². The van der Waals surface area contributed by atoms with E-state index in [0.717, 1.165) is 4.88 Å². The second-order valence-electron chi connectivity index (χ2n) is 5.75. The summed E-state index contributed by atoms with van der Waals surface area (Å²) in [6.07, 6.45) is 0. The average Bonchev–Trinajstić information content (AvgIpc) is 3.30. The second kappa shape index (κ2) is 8.09. The number of methoxy groups -OCH3 is 2. The van der Waals surface area contributed by atoms with Crippen LogP contribution in [0.15, 0.2) is 35.7 Å². The molecule has 0 radical (unpaired) electrons. The van der Waals surface area contributed by atoms with Crippen molar-refractivity contribution in [3.63, 3.8) is 0 Å². The third-order valence-corrected chi connectivity index (χ3v) is 5.02. The van der Waals surface area contributed by atoms with Gasteiger partial charge in [-0.3, -0.25) is 9.69 Å². The quantitative estimate of drug-likeness (QED) is 0.806. The first-order valence-electron chi connectivity index (χ1n) is 8.20. The molecular weight excluding hydrogens is 354 g/mol. The molecule has 1 aliphatic heterocycles. The highest BCUT2D eigenvalue weighted by molar-refractivity contribution is 7.09. The number of nitrogens with zero attached hydrogens (tertiary/aromatic N) is 2. The van der Waals surface area contributed by atoms with E-state index in [9.17, 15) is 9.59 Å². The average molecular weight is 375 g/mol. The first-order valence-corrected chi connectivity index (χ1v) is 9.08. The molecule has 0 saturated carbocycles. The molecule has 0 atom stereocenters. The minimum Gasteiger partial charge on any atom is -0.497 e. The lowest BCUT2D eigenvalue weighted by Crippen LogP contribution is -2.39. The van der Waals surface area contributed by atoms with Gasteiger partial charge in [-0.1, -0.05) is 6.07 Å². The van der Waals surface area contributed by atoms with Crippen molar-refractivity contribution in [1.29, 1.82) is 0 Å². The van der Waals surface area contributed by atoms with E-state index >= 15 is 0 Å². The van der Waals surface area contributed by atoms with Crippen molar-refractivity contribution in [2.24, 2.45) is 0 Å². The molecule has 2 aromatic rings. The SMILES string of the molecule is COc1ccc(OC)c(N2CCN(CC(=O)NCc3cccs3)C2=O)c1. The summed E-state index contributed by atoms with van der Waals surface area (Å²) in [5.41, 5.74) is 0.637. The van der Waals surface area contributed by atoms with Crippen LogP contribution in [0.2, 0.25) is 0 Å². The molecule has 1 fully saturated rings. The van der Waals surface area contributed by atoms with Crippen LogP contribution < -0.4 is 19.7 Å². The van der Waals surface area contributed by atoms with Gasteiger partial charge in [0.15, 0.2) is 0 Å². The third-order valence-electron chi connectivity index (χ3n) is 4.15. The summed E-state index contributed by atoms with van der Waals surface area (Å²) in [4.78, 5) is 29.1. The van der Waals surface area contributed by atoms with Gasteiger partial charge in [0.1, 0.15) is 18.0 Å². The number of thiophene rings is 1. The number of urea groups is 1. The van der Waals surface area contributed by atoms with Crippen LogP contribution in [-0.2, 0) is 11.3 Å². The van der Waals surface area contributed by atoms with Crippen molar-refractivity contribution >= 4 is 29.0 Å². The highest BCUT2D eigenvalue weighted by Crippen LogP contribution is 2.34. The maximum atomic E-state index is 12.7. The maximum absolute atomic E-state index is 12.7. The van der Waals surface area contributed by atoms with E-state index < -0.39 is 0 Å². The molecule has 2 heterocycles. The van der Waals surface area contributed by atoms with Crippen LogP contribution in [0.5, 0.6) is 11.5 Å². The summed E-state index contributed by atoms with van der Waals surface area (Å²) in [5, 5.41) is 4.81. The molecule has 0 aliphatic carbocycles. The number of rotatable bonds is 7. The van der Waals surface area contributed by atoms with Gasteiger partial charge in [0.05, 0.1) is 26.5 Å². The topological polar surface area (TPSA) is 71.1 Å². The molecule has 3 rings (SSSR count). The predicted molar refractivity (Wildman–Crippen MR) is 100 cm³/mol. The molecule has 1 aliphatic rings. The molecule has 1 aromatic carbocycles. The van der Waals surface area contributed by atoms with E-state index in [2.05, 4.69) is 5.32 Å². The van der Waals surface area contributed by atoms with Crippen molar-refractivity contribution in [2.75, 3.05) is 38.8 Å². The summed E-state index contributed by atoms with van der Waals surface area (Å²) in [6, 6.07) is 8.98. The Hall–Kier alpha value is -2.74. The standard InChI is InChI=1S/C18H21N3O4S/c1-24-13-5-6-16(25-2)15(10-13)21-8-7-20(18(21)23)12-17(22)19-11-14-4-3-9-26-14/h3-6,9-10H,7-8,11-12H2,1-2H3,(H,19,22). The van der Waals surface area contributed by atoms with Crippen molar-refractivity contribution in [3.05, 3.63) is 40.6 Å². The molecule has 0 spiro atoms. The predicted octanol–water partition coefficient (Wildman–Crippen LogP) is 2.32. The molecule has 1 N–H and O–H groups in total. The van der Waals surface area contributed by atoms with Gasteiger partial charge in [-0.05, 0) is 23.6 Å². The normalized spacial score (nSPS) is 13.8. The fourth-order valence-electron chi connectivity index (χ4n) is 2.79. The first kappa shape index (κ1) is 18.1. The Balaban J connectivity index is 1.63. The Morgan fingerprint density at radius 2 is 2.08 bits per heavy atom. The van der Waals surface area contributed by atoms with E-state index in [1.165, 1.54) is 4.90 Å². The van der Waals surface area contributed by atoms with Crippen LogP contribution in [0.4, 0.5) is 10.5 Å². The number of hydrogen-bond acceptors (Lipinski definition) is 5. The van der Waals surface area contributed by atoms with Gasteiger partial charge in [-0.15, -0.1) is 11.3 Å². The fraction of sp³-hybridized carbons (Fsp3) is 0.333. The Bertz CT molecular complexity index is 779. The van der Waals surface area contributed by atoms with Crippen LogP contribution in [0, 0.1) is 0 Å². The van der Waals surface area contributed by atoms with Gasteiger partial charge in [-0.25, -0.2) is 4.79 Å². The molecule has 0 unspecified atom stereocenters. The van der Waals surface area contributed by atoms with Crippen LogP contribution >= 0.6 is 11.3 Å². The molecule has 3 amide bonds. The van der Waals surface area contributed by atoms with Gasteiger partial charge < -0.3 is 19.7 Å². The first-order chi connectivity index (χ1) is 12.6. The number of anilines is 1. The second-order valence-corrected chi connectivity index (χ2v) is 6.78. The van der Waals surface area contributed by atoms with E-state index in [4.69, 9.17) is 9.47 Å². The number of hydrogen-bond donors (Lipinski definition) is 1. The highest BCUT2D eigenvalue weighted by Gasteiger charge is 2.32. The number of benzene rings is 1. The van der Waals surface area contributed by atoms with Gasteiger partial charge in [-0.2, -0.15) is 0 Å². The van der Waals surface area contributed by atoms with Crippen molar-refractivity contribution in [3.8, 4) is 11.5 Å². The number of carbonyl (C=O) groups is 2. The Kier molecular flexibility index (Phi) is 5.62. The molecule has 138 valence electrons. The van der Waals surface area contributed by atoms with Gasteiger partial charge in [0.25, 0.3) is 0 Å². The van der Waals surface area contributed by atoms with Gasteiger partial charge in [0.2, 0.25) is 5.91 Å². The molecule has 1 aromatic heterocycles. The van der Waals surface area contributed by atoms with E-state index in [0.29, 0.717) is 36.8 Å². The summed E-state index contributed by atoms with van der Waals surface area (Å²) < 4.78 is 10.6. The van der Waals surface area contributed by atoms with E-state index in [1.807, 2.05) is 17.5 Å². The Labute approximate surface area is 156 Å². The molecule has 0 bridgehead atoms. The van der Waals surface area contributed by atoms with Crippen LogP contribution in [0.3, 0.4) is 0 Å². The Morgan fingerprint density at radius 3 is 2.77 bits per heavy atom. The molecule has 1 saturated heterocycles. The summed E-state index contributed by atoms with van der Waals surface area (Å²) in [6.45, 7) is 1.48. The summed E-state index contributed by atoms with van der Waals surface area (Å²) >= 11 is 1.58. The largest absolute Gasteiger partial charge is 0.497 e. The summed E-state index contributed by atoms with van der Waals surface area (Å²) in [5.74, 6) is 1.05. The van der Waals surface area contributed by atoms with Crippen molar-refractivity contribution < 1.29 is 19.1 Å². The molecular formula is C18H21N3O4S. The monoisotopic (exact) mass is 375 g/mol. The van der Waals surface area contributed by atoms with Crippen LogP contribution in [0.1, 0.15) is 4.88 Å². The van der Waals surface area contributed by atoms with E-state index in [1.54, 1.807) is 48.7 Å². The number of carbonyl (C=O) groups excluding carboxylic acids is 2. The van der Waals surface area contributed by atoms with Crippen molar-refractivity contribution in [1.82, 2.24) is 10.2 Å². The lowest BCUT2D eigenvalue weighted by atomic mass is 10.2. The zero-order valence-electron chi connectivity index (χ0n) is 14.7. The lowest BCUT2D eigenvalue weighted by Gasteiger charge is -2.21. The number of nitrogens with one attached hydrogen (secondary N) is 1. The third kappa shape index (κ3) is 3.91. The highest BCUT2D eigenvalue weighted by atomic mass is 32.1. The Morgan fingerprint density at radius 1 is 1.23 bits per heavy atom. The molecule has 7 nitrogen and oxygen atoms in total. The minimum atomic E-state index is -0.220. The maximum Gasteiger partial charge on any atom is 0.325 e. The van der Waals surface area contributed by atoms with Crippen LogP contribution in [0.25, 0.3) is 0 Å². The smallest absolute Gasteiger partial charge is 0.325 e. The lowest BCUT2D eigenvalue weighted by molar-refractivity contribution is -0.121. The zero-order chi connectivity index (χ0) is 18.5. The summed E-state index contributed by atoms with van der Waals surface area (Å²) in [7, 11) is 3.13. The zero-order valence-corrected chi connectivity index (χ0v) is 15.5. The molecule has 8 heteroatoms. The van der Waals surface area contributed by atoms with Crippen LogP contribution in [-0.4, -0.2) is 50.7 Å². The molecule has 26 heavy (non-hydrogen) atoms. The van der Waals surface area contributed by atoms with Gasteiger partial charge >= 0.3 is 6.03 Å². The number of amides is 3. The van der Waals surface area contributed by atoms with E-state index in [-0.39, 0.29) is 18.5 Å². The fourth-order valence-corrected chi connectivity index (χ4v) is 3.43. The van der Waals surface area contributed by atoms with Gasteiger partial charge in [0, 0.05) is 24.0 Å². The number of ether oxygens (including phenoxy) is 2. The minimum absolute atomic E-state index is 0.0347.